The van der Waals surface area contributed by atoms with E-state index in [1.54, 1.807) is 6.07 Å². The van der Waals surface area contributed by atoms with Crippen molar-refractivity contribution in [3.05, 3.63) is 35.0 Å². The molecular weight excluding hydrogens is 310 g/mol. The summed E-state index contributed by atoms with van der Waals surface area (Å²) in [6.45, 7) is 9.64. The van der Waals surface area contributed by atoms with Gasteiger partial charge in [0.1, 0.15) is 0 Å². The molecule has 6 heteroatoms. The molecule has 0 amide bonds. The first-order valence-electron chi connectivity index (χ1n) is 8.06. The maximum absolute atomic E-state index is 11.2. The predicted molar refractivity (Wildman–Crippen MR) is 94.0 cm³/mol. The molecule has 0 aliphatic carbocycles. The van der Waals surface area contributed by atoms with Crippen molar-refractivity contribution in [3.8, 4) is 0 Å². The molecule has 0 bridgehead atoms. The number of anilines is 1. The normalized spacial score (nSPS) is 16.2. The molecule has 1 aromatic carbocycles. The highest BCUT2D eigenvalue weighted by molar-refractivity contribution is 7.63. The van der Waals surface area contributed by atoms with Crippen LogP contribution in [0.2, 0.25) is 0 Å². The number of nitrogens with one attached hydrogen (secondary N) is 1. The first-order chi connectivity index (χ1) is 11.0. The molecule has 1 N–H and O–H groups in total. The van der Waals surface area contributed by atoms with Gasteiger partial charge in [-0.15, -0.1) is 0 Å². The molecule has 5 nitrogen and oxygen atoms in total. The Morgan fingerprint density at radius 1 is 1.09 bits per heavy atom. The number of pyridine rings is 1. The summed E-state index contributed by atoms with van der Waals surface area (Å²) < 4.78 is 22.7. The summed E-state index contributed by atoms with van der Waals surface area (Å²) in [5, 5.41) is 1.03. The van der Waals surface area contributed by atoms with E-state index in [9.17, 15) is 8.42 Å². The molecule has 0 radical (unpaired) electrons. The molecule has 1 aliphatic rings. The number of hydrogen-bond acceptors (Lipinski definition) is 4. The van der Waals surface area contributed by atoms with E-state index in [1.807, 2.05) is 18.2 Å². The fraction of sp³-hybridized carbons (Fsp3) is 0.471. The van der Waals surface area contributed by atoms with Crippen molar-refractivity contribution in [2.75, 3.05) is 37.6 Å². The van der Waals surface area contributed by atoms with Gasteiger partial charge in [-0.1, -0.05) is 26.0 Å². The van der Waals surface area contributed by atoms with E-state index in [0.29, 0.717) is 5.92 Å². The number of aromatic amines is 1. The Morgan fingerprint density at radius 3 is 2.48 bits per heavy atom. The number of H-pyrrole nitrogens is 1. The molecule has 2 heterocycles. The largest absolute Gasteiger partial charge is 0.367 e. The summed E-state index contributed by atoms with van der Waals surface area (Å²) in [4.78, 5) is 7.90. The number of para-hydroxylation sites is 1. The van der Waals surface area contributed by atoms with E-state index in [1.165, 1.54) is 0 Å². The fourth-order valence-corrected chi connectivity index (χ4v) is 3.58. The first kappa shape index (κ1) is 16.1. The molecule has 0 saturated carbocycles. The van der Waals surface area contributed by atoms with E-state index in [4.69, 9.17) is 0 Å². The molecule has 0 unspecified atom stereocenters. The summed E-state index contributed by atoms with van der Waals surface area (Å²) in [6, 6.07) is 9.56. The molecule has 0 atom stereocenters. The standard InChI is InChI=1S/C17H23N3O2S/c1-13(2)12-19-8-10-20(11-9-19)15-5-3-4-14-6-7-16(23(21)22)18-17(14)15/h3-7,13,18H,8-12H2,1-2H3. The van der Waals surface area contributed by atoms with Crippen LogP contribution in [0.1, 0.15) is 13.8 Å². The van der Waals surface area contributed by atoms with Gasteiger partial charge in [0, 0.05) is 38.1 Å². The van der Waals surface area contributed by atoms with Crippen LogP contribution in [0.5, 0.6) is 0 Å². The van der Waals surface area contributed by atoms with Gasteiger partial charge in [-0.3, -0.25) is 4.90 Å². The van der Waals surface area contributed by atoms with Gasteiger partial charge in [-0.05, 0) is 24.1 Å². The molecule has 23 heavy (non-hydrogen) atoms. The van der Waals surface area contributed by atoms with E-state index in [0.717, 1.165) is 49.3 Å². The quantitative estimate of drug-likeness (QED) is 0.876. The van der Waals surface area contributed by atoms with Gasteiger partial charge in [-0.2, -0.15) is 8.42 Å². The second kappa shape index (κ2) is 6.76. The molecule has 0 spiro atoms. The van der Waals surface area contributed by atoms with Gasteiger partial charge in [0.15, 0.2) is 4.64 Å². The van der Waals surface area contributed by atoms with Crippen LogP contribution in [0.15, 0.2) is 30.3 Å². The molecule has 1 fully saturated rings. The van der Waals surface area contributed by atoms with Crippen molar-refractivity contribution in [3.63, 3.8) is 0 Å². The highest BCUT2D eigenvalue weighted by Crippen LogP contribution is 2.26. The average Bonchev–Trinajstić information content (AvgIpc) is 2.54. The Bertz CT molecular complexity index is 855. The lowest BCUT2D eigenvalue weighted by Gasteiger charge is -2.37. The maximum Gasteiger partial charge on any atom is 0.238 e. The highest BCUT2D eigenvalue weighted by Gasteiger charge is 2.19. The fourth-order valence-electron chi connectivity index (χ4n) is 3.21. The van der Waals surface area contributed by atoms with Gasteiger partial charge in [0.25, 0.3) is 0 Å². The Morgan fingerprint density at radius 2 is 1.83 bits per heavy atom. The van der Waals surface area contributed by atoms with Crippen LogP contribution in [0.3, 0.4) is 0 Å². The van der Waals surface area contributed by atoms with Crippen LogP contribution in [-0.4, -0.2) is 51.0 Å². The SMILES string of the molecule is CC(C)CN1CCN(c2cccc3ccc(=S(=O)=O)[nH]c23)CC1. The number of benzene rings is 1. The van der Waals surface area contributed by atoms with Crippen LogP contribution in [-0.2, 0) is 10.3 Å². The lowest BCUT2D eigenvalue weighted by Crippen LogP contribution is -2.47. The molecule has 1 saturated heterocycles. The monoisotopic (exact) mass is 333 g/mol. The van der Waals surface area contributed by atoms with Crippen molar-refractivity contribution in [2.24, 2.45) is 5.92 Å². The average molecular weight is 333 g/mol. The third-order valence-electron chi connectivity index (χ3n) is 4.25. The Labute approximate surface area is 138 Å². The third-order valence-corrected chi connectivity index (χ3v) is 4.85. The molecule has 1 aliphatic heterocycles. The zero-order valence-electron chi connectivity index (χ0n) is 13.6. The summed E-state index contributed by atoms with van der Waals surface area (Å²) >= 11 is 0. The second-order valence-corrected chi connectivity index (χ2v) is 7.39. The Balaban J connectivity index is 1.92. The molecule has 1 aromatic heterocycles. The molecule has 124 valence electrons. The minimum absolute atomic E-state index is 0.225. The minimum Gasteiger partial charge on any atom is -0.367 e. The van der Waals surface area contributed by atoms with Gasteiger partial charge in [-0.25, -0.2) is 0 Å². The molecular formula is C17H23N3O2S. The summed E-state index contributed by atoms with van der Waals surface area (Å²) in [5.74, 6) is 0.682. The van der Waals surface area contributed by atoms with E-state index >= 15 is 0 Å². The lowest BCUT2D eigenvalue weighted by molar-refractivity contribution is 0.231. The minimum atomic E-state index is -2.24. The first-order valence-corrected chi connectivity index (χ1v) is 9.13. The van der Waals surface area contributed by atoms with Crippen molar-refractivity contribution in [1.29, 1.82) is 0 Å². The number of piperazine rings is 1. The van der Waals surface area contributed by atoms with E-state index in [2.05, 4.69) is 34.7 Å². The smallest absolute Gasteiger partial charge is 0.238 e. The van der Waals surface area contributed by atoms with Crippen molar-refractivity contribution >= 4 is 26.9 Å². The van der Waals surface area contributed by atoms with Crippen LogP contribution in [0.4, 0.5) is 5.69 Å². The number of rotatable bonds is 3. The predicted octanol–water partition coefficient (Wildman–Crippen LogP) is 2.36. The van der Waals surface area contributed by atoms with Crippen LogP contribution in [0.25, 0.3) is 10.9 Å². The van der Waals surface area contributed by atoms with Crippen molar-refractivity contribution in [2.45, 2.75) is 13.8 Å². The third kappa shape index (κ3) is 3.59. The van der Waals surface area contributed by atoms with Crippen molar-refractivity contribution in [1.82, 2.24) is 9.88 Å². The number of hydrogen-bond donors (Lipinski definition) is 1. The van der Waals surface area contributed by atoms with Crippen LogP contribution in [0, 0.1) is 10.6 Å². The topological polar surface area (TPSA) is 56.4 Å². The van der Waals surface area contributed by atoms with Gasteiger partial charge >= 0.3 is 0 Å². The van der Waals surface area contributed by atoms with E-state index in [-0.39, 0.29) is 4.64 Å². The van der Waals surface area contributed by atoms with Crippen molar-refractivity contribution < 1.29 is 8.42 Å². The van der Waals surface area contributed by atoms with E-state index < -0.39 is 10.3 Å². The zero-order chi connectivity index (χ0) is 16.4. The highest BCUT2D eigenvalue weighted by atomic mass is 32.2. The maximum atomic E-state index is 11.2. The van der Waals surface area contributed by atoms with Gasteiger partial charge in [0.05, 0.1) is 11.2 Å². The summed E-state index contributed by atoms with van der Waals surface area (Å²) in [7, 11) is -2.24. The molecule has 2 aromatic rings. The van der Waals surface area contributed by atoms with Crippen LogP contribution >= 0.6 is 0 Å². The van der Waals surface area contributed by atoms with Gasteiger partial charge < -0.3 is 9.88 Å². The second-order valence-electron chi connectivity index (χ2n) is 6.48. The molecule has 3 rings (SSSR count). The summed E-state index contributed by atoms with van der Waals surface area (Å²) in [5.41, 5.74) is 1.98. The zero-order valence-corrected chi connectivity index (χ0v) is 14.4. The lowest BCUT2D eigenvalue weighted by atomic mass is 10.1. The number of fused-ring (bicyclic) bond motifs is 1. The summed E-state index contributed by atoms with van der Waals surface area (Å²) in [6.07, 6.45) is 0. The Hall–Kier alpha value is -1.79. The Kier molecular flexibility index (Phi) is 4.73. The van der Waals surface area contributed by atoms with Gasteiger partial charge in [0.2, 0.25) is 10.3 Å². The number of nitrogens with zero attached hydrogens (tertiary/aromatic N) is 2. The van der Waals surface area contributed by atoms with Crippen LogP contribution < -0.4 is 4.90 Å². The number of aromatic nitrogens is 1.